The summed E-state index contributed by atoms with van der Waals surface area (Å²) in [6.07, 6.45) is -0.0431. The summed E-state index contributed by atoms with van der Waals surface area (Å²) in [5, 5.41) is 0.872. The first kappa shape index (κ1) is 21.4. The first-order chi connectivity index (χ1) is 13.4. The SMILES string of the molecule is CC(CN1CCOC(c2ccc(OCc3c(Cl)cccc3Cl)cc2)C1)C(=O)Cl. The molecule has 0 radical (unpaired) electrons. The lowest BCUT2D eigenvalue weighted by Crippen LogP contribution is -2.41. The standard InChI is InChI=1S/C21H22Cl3NO3/c1-14(21(24)26)11-25-9-10-27-20(12-25)15-5-7-16(8-6-15)28-13-17-18(22)3-2-4-19(17)23/h2-8,14,20H,9-13H2,1H3. The summed E-state index contributed by atoms with van der Waals surface area (Å²) in [5.74, 6) is 0.543. The van der Waals surface area contributed by atoms with Crippen molar-refractivity contribution in [2.75, 3.05) is 26.2 Å². The Morgan fingerprint density at radius 3 is 2.54 bits per heavy atom. The predicted molar refractivity (Wildman–Crippen MR) is 112 cm³/mol. The van der Waals surface area contributed by atoms with Gasteiger partial charge in [0.1, 0.15) is 12.4 Å². The quantitative estimate of drug-likeness (QED) is 0.542. The van der Waals surface area contributed by atoms with Crippen LogP contribution in [-0.4, -0.2) is 36.4 Å². The van der Waals surface area contributed by atoms with Gasteiger partial charge in [0.15, 0.2) is 0 Å². The molecule has 150 valence electrons. The zero-order chi connectivity index (χ0) is 20.1. The van der Waals surface area contributed by atoms with E-state index in [9.17, 15) is 4.79 Å². The number of benzene rings is 2. The third-order valence-electron chi connectivity index (χ3n) is 4.77. The third-order valence-corrected chi connectivity index (χ3v) is 5.85. The number of ether oxygens (including phenoxy) is 2. The van der Waals surface area contributed by atoms with Gasteiger partial charge in [0.25, 0.3) is 0 Å². The molecule has 1 heterocycles. The van der Waals surface area contributed by atoms with Crippen molar-refractivity contribution in [3.05, 3.63) is 63.6 Å². The smallest absolute Gasteiger partial charge is 0.225 e. The molecule has 1 fully saturated rings. The Labute approximate surface area is 180 Å². The summed E-state index contributed by atoms with van der Waals surface area (Å²) < 4.78 is 11.7. The zero-order valence-corrected chi connectivity index (χ0v) is 17.8. The average molecular weight is 443 g/mol. The largest absolute Gasteiger partial charge is 0.489 e. The molecule has 0 aromatic heterocycles. The molecule has 3 rings (SSSR count). The maximum atomic E-state index is 11.3. The van der Waals surface area contributed by atoms with E-state index < -0.39 is 0 Å². The molecule has 0 saturated carbocycles. The third kappa shape index (κ3) is 5.62. The van der Waals surface area contributed by atoms with Crippen molar-refractivity contribution in [1.82, 2.24) is 4.90 Å². The van der Waals surface area contributed by atoms with Crippen LogP contribution in [0.15, 0.2) is 42.5 Å². The highest BCUT2D eigenvalue weighted by atomic mass is 35.5. The van der Waals surface area contributed by atoms with E-state index in [2.05, 4.69) is 4.90 Å². The van der Waals surface area contributed by atoms with Crippen LogP contribution in [0, 0.1) is 5.92 Å². The van der Waals surface area contributed by atoms with Crippen LogP contribution in [0.4, 0.5) is 0 Å². The number of hydrogen-bond donors (Lipinski definition) is 0. The molecule has 1 saturated heterocycles. The van der Waals surface area contributed by atoms with Gasteiger partial charge >= 0.3 is 0 Å². The van der Waals surface area contributed by atoms with Crippen molar-refractivity contribution in [2.45, 2.75) is 19.6 Å². The van der Waals surface area contributed by atoms with Crippen molar-refractivity contribution in [2.24, 2.45) is 5.92 Å². The van der Waals surface area contributed by atoms with Crippen LogP contribution in [0.3, 0.4) is 0 Å². The molecular formula is C21H22Cl3NO3. The predicted octanol–water partition coefficient (Wildman–Crippen LogP) is 5.35. The lowest BCUT2D eigenvalue weighted by atomic mass is 10.1. The van der Waals surface area contributed by atoms with Crippen LogP contribution in [0.1, 0.15) is 24.2 Å². The first-order valence-corrected chi connectivity index (χ1v) is 10.3. The second kappa shape index (κ2) is 9.95. The molecule has 1 aliphatic rings. The number of hydrogen-bond acceptors (Lipinski definition) is 4. The highest BCUT2D eigenvalue weighted by molar-refractivity contribution is 6.63. The second-order valence-corrected chi connectivity index (χ2v) is 8.07. The van der Waals surface area contributed by atoms with Gasteiger partial charge in [-0.1, -0.05) is 48.3 Å². The monoisotopic (exact) mass is 441 g/mol. The van der Waals surface area contributed by atoms with Crippen LogP contribution in [-0.2, 0) is 16.1 Å². The maximum Gasteiger partial charge on any atom is 0.225 e. The lowest BCUT2D eigenvalue weighted by Gasteiger charge is -2.34. The minimum Gasteiger partial charge on any atom is -0.489 e. The summed E-state index contributed by atoms with van der Waals surface area (Å²) in [7, 11) is 0. The van der Waals surface area contributed by atoms with Crippen LogP contribution < -0.4 is 4.74 Å². The molecule has 0 spiro atoms. The van der Waals surface area contributed by atoms with E-state index in [-0.39, 0.29) is 17.3 Å². The Balaban J connectivity index is 1.58. The topological polar surface area (TPSA) is 38.8 Å². The van der Waals surface area contributed by atoms with Gasteiger partial charge in [-0.25, -0.2) is 0 Å². The molecule has 4 nitrogen and oxygen atoms in total. The van der Waals surface area contributed by atoms with Crippen molar-refractivity contribution in [1.29, 1.82) is 0 Å². The molecule has 0 N–H and O–H groups in total. The Kier molecular flexibility index (Phi) is 7.61. The second-order valence-electron chi connectivity index (χ2n) is 6.88. The molecule has 28 heavy (non-hydrogen) atoms. The molecule has 1 aliphatic heterocycles. The molecule has 2 aromatic carbocycles. The van der Waals surface area contributed by atoms with E-state index in [0.29, 0.717) is 29.8 Å². The van der Waals surface area contributed by atoms with Gasteiger partial charge in [-0.3, -0.25) is 9.69 Å². The van der Waals surface area contributed by atoms with Gasteiger partial charge < -0.3 is 9.47 Å². The summed E-state index contributed by atoms with van der Waals surface area (Å²) in [6.45, 7) is 4.93. The molecule has 2 unspecified atom stereocenters. The fraction of sp³-hybridized carbons (Fsp3) is 0.381. The molecular weight excluding hydrogens is 421 g/mol. The molecule has 7 heteroatoms. The van der Waals surface area contributed by atoms with Crippen LogP contribution in [0.5, 0.6) is 5.75 Å². The summed E-state index contributed by atoms with van der Waals surface area (Å²) in [6, 6.07) is 13.2. The number of nitrogens with zero attached hydrogens (tertiary/aromatic N) is 1. The maximum absolute atomic E-state index is 11.3. The average Bonchev–Trinajstić information content (AvgIpc) is 2.68. The van der Waals surface area contributed by atoms with E-state index in [1.54, 1.807) is 18.2 Å². The van der Waals surface area contributed by atoms with Crippen LogP contribution in [0.25, 0.3) is 0 Å². The fourth-order valence-corrected chi connectivity index (χ4v) is 3.71. The van der Waals surface area contributed by atoms with Crippen molar-refractivity contribution in [3.63, 3.8) is 0 Å². The summed E-state index contributed by atoms with van der Waals surface area (Å²) in [4.78, 5) is 13.5. The number of carbonyl (C=O) groups excluding carboxylic acids is 1. The number of morpholine rings is 1. The highest BCUT2D eigenvalue weighted by Gasteiger charge is 2.24. The number of rotatable bonds is 7. The fourth-order valence-electron chi connectivity index (χ4n) is 3.13. The Morgan fingerprint density at radius 1 is 1.21 bits per heavy atom. The van der Waals surface area contributed by atoms with Gasteiger partial charge in [-0.2, -0.15) is 0 Å². The van der Waals surface area contributed by atoms with Gasteiger partial charge in [-0.05, 0) is 41.4 Å². The van der Waals surface area contributed by atoms with E-state index in [4.69, 9.17) is 44.3 Å². The van der Waals surface area contributed by atoms with E-state index in [1.165, 1.54) is 0 Å². The van der Waals surface area contributed by atoms with Crippen molar-refractivity contribution >= 4 is 40.0 Å². The van der Waals surface area contributed by atoms with Gasteiger partial charge in [0, 0.05) is 41.2 Å². The Hall–Kier alpha value is -1.30. The van der Waals surface area contributed by atoms with Crippen LogP contribution >= 0.6 is 34.8 Å². The Morgan fingerprint density at radius 2 is 1.89 bits per heavy atom. The summed E-state index contributed by atoms with van der Waals surface area (Å²) in [5.41, 5.74) is 1.84. The molecule has 0 bridgehead atoms. The van der Waals surface area contributed by atoms with Crippen LogP contribution in [0.2, 0.25) is 10.0 Å². The molecule has 0 aliphatic carbocycles. The molecule has 2 atom stereocenters. The minimum absolute atomic E-state index is 0.0431. The number of carbonyl (C=O) groups is 1. The zero-order valence-electron chi connectivity index (χ0n) is 15.5. The highest BCUT2D eigenvalue weighted by Crippen LogP contribution is 2.28. The number of halogens is 3. The van der Waals surface area contributed by atoms with Gasteiger partial charge in [-0.15, -0.1) is 0 Å². The molecule has 0 amide bonds. The van der Waals surface area contributed by atoms with Crippen molar-refractivity contribution < 1.29 is 14.3 Å². The van der Waals surface area contributed by atoms with E-state index in [1.807, 2.05) is 31.2 Å². The normalized spacial score (nSPS) is 18.6. The van der Waals surface area contributed by atoms with Crippen molar-refractivity contribution in [3.8, 4) is 5.75 Å². The van der Waals surface area contributed by atoms with E-state index in [0.717, 1.165) is 30.0 Å². The summed E-state index contributed by atoms with van der Waals surface area (Å²) >= 11 is 17.9. The van der Waals surface area contributed by atoms with Gasteiger partial charge in [0.2, 0.25) is 5.24 Å². The Bertz CT molecular complexity index is 793. The first-order valence-electron chi connectivity index (χ1n) is 9.13. The minimum atomic E-state index is -0.303. The van der Waals surface area contributed by atoms with E-state index >= 15 is 0 Å². The molecule has 2 aromatic rings. The lowest BCUT2D eigenvalue weighted by molar-refractivity contribution is -0.116. The van der Waals surface area contributed by atoms with Gasteiger partial charge in [0.05, 0.1) is 12.7 Å².